The molecule has 3 saturated carbocycles. The Morgan fingerprint density at radius 2 is 1.51 bits per heavy atom. The van der Waals surface area contributed by atoms with Crippen LogP contribution in [0.2, 0.25) is 0 Å². The molecule has 4 saturated heterocycles. The Hall–Kier alpha value is -2.87. The highest BCUT2D eigenvalue weighted by Gasteiger charge is 2.58. The molecule has 12 heteroatoms. The molecule has 1 amide bonds. The third-order valence-electron chi connectivity index (χ3n) is 14.0. The fourth-order valence-corrected chi connectivity index (χ4v) is 12.3. The van der Waals surface area contributed by atoms with E-state index in [1.807, 2.05) is 42.2 Å². The standard InChI is InChI=1S/C22H23NO5S.C15H21NO.C8H15NO.ClH/c1-14-7-9-17(10-8-14)29(25,26)28-16-11-18-19(12-16)21(24)23-20(18)13-27-22(23)15-5-3-2-4-6-15;17-11-15-14-8-4-7-13(14)10-16(15)9-12-5-2-1-3-6-12;10-5-8-7-3-1-2-6(7)4-9-8;/h2-10,16,18-20,22H,11-13H2,1H3;1-3,5-6,13-15,17H,4,7-11H2;6-10H,1-5H2;1H/t16?,18-,19?,20+,22-;13?,14-,15+;6?,7-,8+;/m000./s1. The zero-order chi connectivity index (χ0) is 38.8. The topological polar surface area (TPSA) is 129 Å². The summed E-state index contributed by atoms with van der Waals surface area (Å²) < 4.78 is 36.7. The van der Waals surface area contributed by atoms with Crippen molar-refractivity contribution in [2.24, 2.45) is 35.5 Å². The number of nitrogens with one attached hydrogen (secondary N) is 1. The van der Waals surface area contributed by atoms with E-state index in [1.165, 1.54) is 50.6 Å². The molecule has 0 bridgehead atoms. The first kappa shape index (κ1) is 42.3. The van der Waals surface area contributed by atoms with Crippen LogP contribution >= 0.6 is 12.4 Å². The summed E-state index contributed by atoms with van der Waals surface area (Å²) in [4.78, 5) is 17.6. The van der Waals surface area contributed by atoms with Gasteiger partial charge in [-0.3, -0.25) is 13.9 Å². The Morgan fingerprint density at radius 1 is 0.825 bits per heavy atom. The number of fused-ring (bicyclic) bond motifs is 5. The summed E-state index contributed by atoms with van der Waals surface area (Å²) in [5, 5.41) is 21.9. The number of hydrogen-bond acceptors (Lipinski definition) is 9. The molecule has 3 aromatic carbocycles. The SMILES string of the molecule is Cc1ccc(S(=O)(=O)OC2CC3C(=O)N4[C@H](CO[C@H]4c4ccccc4)[C@H]3C2)cc1.Cl.OC[C@@H]1[C@H]2CCCC2CN1Cc1ccccc1.OC[C@H]1NCC2CCC[C@@H]21. The lowest BCUT2D eigenvalue weighted by Crippen LogP contribution is -2.35. The highest BCUT2D eigenvalue weighted by molar-refractivity contribution is 7.86. The van der Waals surface area contributed by atoms with Crippen LogP contribution in [0.25, 0.3) is 0 Å². The van der Waals surface area contributed by atoms with Crippen LogP contribution in [0.15, 0.2) is 89.8 Å². The number of aryl methyl sites for hydroxylation is 1. The fourth-order valence-electron chi connectivity index (χ4n) is 11.2. The first-order valence-corrected chi connectivity index (χ1v) is 22.4. The third kappa shape index (κ3) is 9.01. The van der Waals surface area contributed by atoms with Gasteiger partial charge >= 0.3 is 0 Å². The molecule has 10 rings (SSSR count). The van der Waals surface area contributed by atoms with Crippen molar-refractivity contribution in [1.82, 2.24) is 15.1 Å². The van der Waals surface area contributed by atoms with E-state index in [-0.39, 0.29) is 47.3 Å². The molecule has 3 aliphatic carbocycles. The lowest BCUT2D eigenvalue weighted by molar-refractivity contribution is -0.137. The molecule has 3 aromatic rings. The molecule has 0 aromatic heterocycles. The van der Waals surface area contributed by atoms with E-state index < -0.39 is 16.2 Å². The average Bonchev–Trinajstić information content (AvgIpc) is 4.06. The van der Waals surface area contributed by atoms with Crippen molar-refractivity contribution in [3.8, 4) is 0 Å². The second kappa shape index (κ2) is 18.6. The summed E-state index contributed by atoms with van der Waals surface area (Å²) in [6, 6.07) is 27.8. The lowest BCUT2D eigenvalue weighted by Gasteiger charge is -2.26. The number of aliphatic hydroxyl groups is 2. The Bertz CT molecular complexity index is 1870. The van der Waals surface area contributed by atoms with Gasteiger partial charge in [0.2, 0.25) is 5.91 Å². The van der Waals surface area contributed by atoms with Crippen molar-refractivity contribution in [3.63, 3.8) is 0 Å². The Labute approximate surface area is 344 Å². The van der Waals surface area contributed by atoms with Gasteiger partial charge in [-0.1, -0.05) is 91.2 Å². The Balaban J connectivity index is 0.000000149. The molecule has 57 heavy (non-hydrogen) atoms. The van der Waals surface area contributed by atoms with Gasteiger partial charge in [-0.2, -0.15) is 8.42 Å². The van der Waals surface area contributed by atoms with E-state index in [9.17, 15) is 18.3 Å². The van der Waals surface area contributed by atoms with Gasteiger partial charge < -0.3 is 25.2 Å². The van der Waals surface area contributed by atoms with Crippen molar-refractivity contribution in [2.75, 3.05) is 32.9 Å². The summed E-state index contributed by atoms with van der Waals surface area (Å²) >= 11 is 0. The molecule has 4 aliphatic heterocycles. The van der Waals surface area contributed by atoms with Crippen LogP contribution < -0.4 is 5.32 Å². The molecule has 310 valence electrons. The molecule has 7 fully saturated rings. The molecule has 4 unspecified atom stereocenters. The number of ether oxygens (including phenoxy) is 1. The number of aliphatic hydroxyl groups excluding tert-OH is 2. The van der Waals surface area contributed by atoms with Crippen molar-refractivity contribution in [3.05, 3.63) is 102 Å². The second-order valence-corrected chi connectivity index (χ2v) is 18.8. The number of carbonyl (C=O) groups excluding carboxylic acids is 1. The average molecular weight is 823 g/mol. The number of carbonyl (C=O) groups is 1. The van der Waals surface area contributed by atoms with Crippen LogP contribution in [0.5, 0.6) is 0 Å². The monoisotopic (exact) mass is 821 g/mol. The zero-order valence-corrected chi connectivity index (χ0v) is 34.6. The van der Waals surface area contributed by atoms with Crippen LogP contribution in [-0.2, 0) is 30.4 Å². The van der Waals surface area contributed by atoms with Crippen molar-refractivity contribution < 1.29 is 32.3 Å². The Kier molecular flexibility index (Phi) is 13.8. The molecular formula is C45H60ClN3O7S. The number of benzene rings is 3. The lowest BCUT2D eigenvalue weighted by atomic mass is 9.94. The van der Waals surface area contributed by atoms with E-state index in [0.29, 0.717) is 44.7 Å². The first-order valence-electron chi connectivity index (χ1n) is 21.0. The molecule has 10 nitrogen and oxygen atoms in total. The van der Waals surface area contributed by atoms with E-state index in [1.54, 1.807) is 24.3 Å². The van der Waals surface area contributed by atoms with Crippen LogP contribution in [0, 0.1) is 42.4 Å². The van der Waals surface area contributed by atoms with Crippen molar-refractivity contribution >= 4 is 28.4 Å². The predicted octanol–water partition coefficient (Wildman–Crippen LogP) is 6.10. The minimum atomic E-state index is -3.84. The van der Waals surface area contributed by atoms with Gasteiger partial charge in [-0.15, -0.1) is 12.4 Å². The molecule has 7 aliphatic rings. The predicted molar refractivity (Wildman–Crippen MR) is 221 cm³/mol. The maximum atomic E-state index is 13.1. The third-order valence-corrected chi connectivity index (χ3v) is 15.3. The van der Waals surface area contributed by atoms with Crippen molar-refractivity contribution in [2.45, 2.75) is 100 Å². The normalized spacial score (nSPS) is 33.7. The summed E-state index contributed by atoms with van der Waals surface area (Å²) in [7, 11) is -3.84. The number of nitrogens with zero attached hydrogens (tertiary/aromatic N) is 2. The summed E-state index contributed by atoms with van der Waals surface area (Å²) in [5.41, 5.74) is 3.32. The maximum Gasteiger partial charge on any atom is 0.297 e. The number of rotatable bonds is 8. The van der Waals surface area contributed by atoms with Gasteiger partial charge in [-0.25, -0.2) is 0 Å². The maximum absolute atomic E-state index is 13.1. The summed E-state index contributed by atoms with van der Waals surface area (Å²) in [6.45, 7) is 6.37. The van der Waals surface area contributed by atoms with Gasteiger partial charge in [0.15, 0.2) is 6.23 Å². The summed E-state index contributed by atoms with van der Waals surface area (Å²) in [5.74, 6) is 3.19. The number of likely N-dealkylation sites (tertiary alicyclic amines) is 1. The molecule has 4 heterocycles. The smallest absolute Gasteiger partial charge is 0.297 e. The van der Waals surface area contributed by atoms with Crippen LogP contribution in [-0.4, -0.2) is 91.5 Å². The molecule has 0 radical (unpaired) electrons. The minimum Gasteiger partial charge on any atom is -0.395 e. The van der Waals surface area contributed by atoms with Crippen LogP contribution in [0.1, 0.15) is 74.3 Å². The van der Waals surface area contributed by atoms with Gasteiger partial charge in [-0.05, 0) is 99.3 Å². The van der Waals surface area contributed by atoms with E-state index in [2.05, 4.69) is 40.5 Å². The quantitative estimate of drug-likeness (QED) is 0.231. The minimum absolute atomic E-state index is 0. The van der Waals surface area contributed by atoms with Crippen molar-refractivity contribution in [1.29, 1.82) is 0 Å². The van der Waals surface area contributed by atoms with Gasteiger partial charge in [0, 0.05) is 36.7 Å². The molecular weight excluding hydrogens is 762 g/mol. The fraction of sp³-hybridized carbons (Fsp3) is 0.578. The van der Waals surface area contributed by atoms with E-state index >= 15 is 0 Å². The van der Waals surface area contributed by atoms with Gasteiger partial charge in [0.25, 0.3) is 10.1 Å². The number of halogens is 1. The van der Waals surface area contributed by atoms with E-state index in [0.717, 1.165) is 47.9 Å². The number of amides is 1. The second-order valence-electron chi connectivity index (χ2n) is 17.2. The molecule has 3 N–H and O–H groups in total. The van der Waals surface area contributed by atoms with Crippen LogP contribution in [0.4, 0.5) is 0 Å². The Morgan fingerprint density at radius 3 is 2.21 bits per heavy atom. The van der Waals surface area contributed by atoms with Crippen LogP contribution in [0.3, 0.4) is 0 Å². The first-order chi connectivity index (χ1) is 27.2. The van der Waals surface area contributed by atoms with Gasteiger partial charge in [0.1, 0.15) is 0 Å². The zero-order valence-electron chi connectivity index (χ0n) is 33.0. The number of hydrogen-bond donors (Lipinski definition) is 3. The molecule has 0 spiro atoms. The van der Waals surface area contributed by atoms with Gasteiger partial charge in [0.05, 0.1) is 36.9 Å². The summed E-state index contributed by atoms with van der Waals surface area (Å²) in [6.07, 6.45) is 8.31. The van der Waals surface area contributed by atoms with E-state index in [4.69, 9.17) is 14.0 Å². The molecule has 11 atom stereocenters. The largest absolute Gasteiger partial charge is 0.395 e. The highest BCUT2D eigenvalue weighted by Crippen LogP contribution is 2.51. The highest BCUT2D eigenvalue weighted by atomic mass is 35.5.